The highest BCUT2D eigenvalue weighted by Gasteiger charge is 2.24. The van der Waals surface area contributed by atoms with Crippen LogP contribution in [0.1, 0.15) is 32.1 Å². The molecule has 1 amide bonds. The molecule has 3 N–H and O–H groups in total. The van der Waals surface area contributed by atoms with E-state index >= 15 is 0 Å². The fourth-order valence-corrected chi connectivity index (χ4v) is 2.31. The maximum absolute atomic E-state index is 12.0. The molecule has 17 heavy (non-hydrogen) atoms. The van der Waals surface area contributed by atoms with Crippen LogP contribution in [0.3, 0.4) is 0 Å². The molecule has 1 aromatic rings. The number of nitrogens with two attached hydrogens (primary N) is 1. The maximum atomic E-state index is 12.0. The Bertz CT molecular complexity index is 381. The average molecular weight is 255 g/mol. The van der Waals surface area contributed by atoms with Crippen LogP contribution in [0, 0.1) is 18.3 Å². The fraction of sp³-hybridized carbons (Fsp3) is 0.667. The van der Waals surface area contributed by atoms with Gasteiger partial charge >= 0.3 is 0 Å². The molecule has 96 valence electrons. The fourth-order valence-electron chi connectivity index (χ4n) is 1.64. The van der Waals surface area contributed by atoms with E-state index in [1.54, 1.807) is 6.20 Å². The van der Waals surface area contributed by atoms with Crippen molar-refractivity contribution in [2.24, 2.45) is 17.1 Å². The summed E-state index contributed by atoms with van der Waals surface area (Å²) in [5.41, 5.74) is 5.76. The molecule has 4 nitrogen and oxygen atoms in total. The van der Waals surface area contributed by atoms with E-state index in [1.807, 2.05) is 6.92 Å². The van der Waals surface area contributed by atoms with Gasteiger partial charge in [0.25, 0.3) is 0 Å². The number of anilines is 1. The van der Waals surface area contributed by atoms with Crippen molar-refractivity contribution in [1.82, 2.24) is 4.98 Å². The van der Waals surface area contributed by atoms with Crippen molar-refractivity contribution in [2.45, 2.75) is 34.1 Å². The lowest BCUT2D eigenvalue weighted by Crippen LogP contribution is -2.32. The zero-order chi connectivity index (χ0) is 13.1. The molecule has 0 aliphatic carbocycles. The van der Waals surface area contributed by atoms with Crippen molar-refractivity contribution < 1.29 is 4.79 Å². The first-order valence-corrected chi connectivity index (χ1v) is 6.57. The number of nitrogens with zero attached hydrogens (tertiary/aromatic N) is 1. The Labute approximate surface area is 107 Å². The zero-order valence-corrected chi connectivity index (χ0v) is 11.7. The molecule has 0 spiro atoms. The zero-order valence-electron chi connectivity index (χ0n) is 10.9. The van der Waals surface area contributed by atoms with Gasteiger partial charge in [-0.05, 0) is 18.8 Å². The van der Waals surface area contributed by atoms with Gasteiger partial charge in [-0.3, -0.25) is 4.79 Å². The minimum atomic E-state index is -0.154. The van der Waals surface area contributed by atoms with Gasteiger partial charge in [0.15, 0.2) is 5.13 Å². The summed E-state index contributed by atoms with van der Waals surface area (Å²) in [6, 6.07) is 0. The number of carbonyl (C=O) groups is 1. The molecule has 1 rings (SSSR count). The molecule has 1 heterocycles. The van der Waals surface area contributed by atoms with Crippen molar-refractivity contribution in [1.29, 1.82) is 0 Å². The van der Waals surface area contributed by atoms with Gasteiger partial charge in [0.2, 0.25) is 5.91 Å². The molecular formula is C12H21N3OS. The first-order chi connectivity index (χ1) is 7.81. The van der Waals surface area contributed by atoms with E-state index in [9.17, 15) is 4.79 Å². The molecular weight excluding hydrogens is 234 g/mol. The van der Waals surface area contributed by atoms with E-state index in [0.717, 1.165) is 11.3 Å². The predicted molar refractivity (Wildman–Crippen MR) is 72.1 cm³/mol. The van der Waals surface area contributed by atoms with Gasteiger partial charge in [-0.1, -0.05) is 20.8 Å². The van der Waals surface area contributed by atoms with Gasteiger partial charge in [-0.25, -0.2) is 4.98 Å². The van der Waals surface area contributed by atoms with E-state index in [1.165, 1.54) is 11.3 Å². The van der Waals surface area contributed by atoms with Crippen LogP contribution in [0.25, 0.3) is 0 Å². The Kier molecular flexibility index (Phi) is 4.65. The van der Waals surface area contributed by atoms with Crippen LogP contribution < -0.4 is 11.1 Å². The lowest BCUT2D eigenvalue weighted by atomic mass is 9.84. The summed E-state index contributed by atoms with van der Waals surface area (Å²) in [6.07, 6.45) is 2.53. The van der Waals surface area contributed by atoms with Gasteiger partial charge in [0.1, 0.15) is 0 Å². The van der Waals surface area contributed by atoms with E-state index in [0.29, 0.717) is 11.7 Å². The molecule has 0 aliphatic rings. The van der Waals surface area contributed by atoms with Crippen molar-refractivity contribution in [3.8, 4) is 0 Å². The van der Waals surface area contributed by atoms with Crippen LogP contribution in [0.5, 0.6) is 0 Å². The Morgan fingerprint density at radius 1 is 1.59 bits per heavy atom. The van der Waals surface area contributed by atoms with Crippen molar-refractivity contribution in [3.05, 3.63) is 11.1 Å². The molecule has 5 heteroatoms. The third kappa shape index (κ3) is 4.83. The highest BCUT2D eigenvalue weighted by atomic mass is 32.1. The van der Waals surface area contributed by atoms with Gasteiger partial charge < -0.3 is 11.1 Å². The van der Waals surface area contributed by atoms with E-state index in [2.05, 4.69) is 31.1 Å². The second kappa shape index (κ2) is 5.60. The summed E-state index contributed by atoms with van der Waals surface area (Å²) in [5.74, 6) is -0.184. The van der Waals surface area contributed by atoms with Crippen LogP contribution in [-0.2, 0) is 4.79 Å². The number of hydrogen-bond acceptors (Lipinski definition) is 4. The molecule has 1 aromatic heterocycles. The number of rotatable bonds is 4. The first-order valence-electron chi connectivity index (χ1n) is 5.75. The van der Waals surface area contributed by atoms with E-state index in [4.69, 9.17) is 5.73 Å². The number of hydrogen-bond donors (Lipinski definition) is 2. The number of carbonyl (C=O) groups excluding carboxylic acids is 1. The summed E-state index contributed by atoms with van der Waals surface area (Å²) in [7, 11) is 0. The summed E-state index contributed by atoms with van der Waals surface area (Å²) >= 11 is 1.48. The number of thiazole rings is 1. The third-order valence-corrected chi connectivity index (χ3v) is 3.19. The van der Waals surface area contributed by atoms with Crippen molar-refractivity contribution in [3.63, 3.8) is 0 Å². The number of nitrogens with one attached hydrogen (secondary N) is 1. The molecule has 1 unspecified atom stereocenters. The Morgan fingerprint density at radius 2 is 2.24 bits per heavy atom. The molecule has 0 bridgehead atoms. The molecule has 0 aromatic carbocycles. The standard InChI is InChI=1S/C12H21N3OS/c1-8-7-14-11(17-8)15-10(16)9(6-13)5-12(2,3)4/h7,9H,5-6,13H2,1-4H3,(H,14,15,16). The summed E-state index contributed by atoms with van der Waals surface area (Å²) in [6.45, 7) is 8.65. The minimum Gasteiger partial charge on any atom is -0.330 e. The average Bonchev–Trinajstić information content (AvgIpc) is 2.59. The van der Waals surface area contributed by atoms with Gasteiger partial charge in [0.05, 0.1) is 5.92 Å². The summed E-state index contributed by atoms with van der Waals surface area (Å²) < 4.78 is 0. The second-order valence-corrected chi connectivity index (χ2v) is 6.70. The van der Waals surface area contributed by atoms with Crippen LogP contribution >= 0.6 is 11.3 Å². The lowest BCUT2D eigenvalue weighted by Gasteiger charge is -2.23. The molecule has 0 radical (unpaired) electrons. The first kappa shape index (κ1) is 14.1. The van der Waals surface area contributed by atoms with Gasteiger partial charge in [0, 0.05) is 17.6 Å². The minimum absolute atomic E-state index is 0.0308. The number of aromatic nitrogens is 1. The smallest absolute Gasteiger partial charge is 0.230 e. The molecule has 0 saturated carbocycles. The quantitative estimate of drug-likeness (QED) is 0.868. The summed E-state index contributed by atoms with van der Waals surface area (Å²) in [4.78, 5) is 17.2. The Balaban J connectivity index is 2.61. The van der Waals surface area contributed by atoms with Gasteiger partial charge in [-0.2, -0.15) is 0 Å². The molecule has 0 fully saturated rings. The van der Waals surface area contributed by atoms with Crippen LogP contribution in [0.15, 0.2) is 6.20 Å². The maximum Gasteiger partial charge on any atom is 0.230 e. The SMILES string of the molecule is Cc1cnc(NC(=O)C(CN)CC(C)(C)C)s1. The second-order valence-electron chi connectivity index (χ2n) is 5.46. The molecule has 1 atom stereocenters. The van der Waals surface area contributed by atoms with Gasteiger partial charge in [-0.15, -0.1) is 11.3 Å². The van der Waals surface area contributed by atoms with E-state index in [-0.39, 0.29) is 17.2 Å². The normalized spacial score (nSPS) is 13.5. The number of aryl methyl sites for hydroxylation is 1. The summed E-state index contributed by atoms with van der Waals surface area (Å²) in [5, 5.41) is 3.48. The monoisotopic (exact) mass is 255 g/mol. The third-order valence-electron chi connectivity index (χ3n) is 2.37. The van der Waals surface area contributed by atoms with E-state index < -0.39 is 0 Å². The predicted octanol–water partition coefficient (Wildman–Crippen LogP) is 2.40. The largest absolute Gasteiger partial charge is 0.330 e. The topological polar surface area (TPSA) is 68.0 Å². The Hall–Kier alpha value is -0.940. The van der Waals surface area contributed by atoms with Crippen LogP contribution in [0.4, 0.5) is 5.13 Å². The lowest BCUT2D eigenvalue weighted by molar-refractivity contribution is -0.120. The van der Waals surface area contributed by atoms with Crippen LogP contribution in [0.2, 0.25) is 0 Å². The molecule has 0 saturated heterocycles. The highest BCUT2D eigenvalue weighted by molar-refractivity contribution is 7.15. The van der Waals surface area contributed by atoms with Crippen molar-refractivity contribution >= 4 is 22.4 Å². The van der Waals surface area contributed by atoms with Crippen molar-refractivity contribution in [2.75, 3.05) is 11.9 Å². The number of amides is 1. The van der Waals surface area contributed by atoms with Crippen LogP contribution in [-0.4, -0.2) is 17.4 Å². The Morgan fingerprint density at radius 3 is 2.65 bits per heavy atom. The molecule has 0 aliphatic heterocycles. The highest BCUT2D eigenvalue weighted by Crippen LogP contribution is 2.25.